The molecule has 6 nitrogen and oxygen atoms in total. The van der Waals surface area contributed by atoms with Crippen LogP contribution in [0.5, 0.6) is 5.75 Å². The molecule has 0 radical (unpaired) electrons. The van der Waals surface area contributed by atoms with E-state index < -0.39 is 6.10 Å². The zero-order valence-corrected chi connectivity index (χ0v) is 16.7. The van der Waals surface area contributed by atoms with E-state index >= 15 is 0 Å². The smallest absolute Gasteiger partial charge is 0.339 e. The lowest BCUT2D eigenvalue weighted by atomic mass is 10.1. The number of aryl methyl sites for hydroxylation is 1. The average Bonchev–Trinajstić information content (AvgIpc) is 3.10. The quantitative estimate of drug-likeness (QED) is 0.579. The van der Waals surface area contributed by atoms with E-state index in [0.29, 0.717) is 22.9 Å². The molecule has 146 valence electrons. The summed E-state index contributed by atoms with van der Waals surface area (Å²) in [6.45, 7) is 3.15. The van der Waals surface area contributed by atoms with Gasteiger partial charge in [0.1, 0.15) is 11.3 Å². The molecule has 27 heavy (non-hydrogen) atoms. The molecule has 0 saturated carbocycles. The summed E-state index contributed by atoms with van der Waals surface area (Å²) in [6, 6.07) is 3.37. The van der Waals surface area contributed by atoms with Crippen LogP contribution in [0, 0.1) is 0 Å². The fourth-order valence-electron chi connectivity index (χ4n) is 3.37. The molecule has 1 N–H and O–H groups in total. The summed E-state index contributed by atoms with van der Waals surface area (Å²) in [5.41, 5.74) is 1.91. The van der Waals surface area contributed by atoms with Gasteiger partial charge in [0, 0.05) is 23.6 Å². The van der Waals surface area contributed by atoms with Gasteiger partial charge in [-0.1, -0.05) is 11.6 Å². The van der Waals surface area contributed by atoms with Gasteiger partial charge < -0.3 is 19.4 Å². The molecule has 7 heteroatoms. The molecule has 3 rings (SSSR count). The van der Waals surface area contributed by atoms with Gasteiger partial charge in [0.2, 0.25) is 0 Å². The van der Waals surface area contributed by atoms with Crippen molar-refractivity contribution < 1.29 is 13.9 Å². The molecule has 1 heterocycles. The standard InChI is InChI=1S/C20H25ClN2O4/c1-12(19(24)22-8-5-9-23(2)3)26-18-11-17-15(10-16(18)21)13-6-4-7-14(13)20(25)27-17/h10-12H,4-9H2,1-3H3,(H,22,24)/t12-/m0/s1. The third kappa shape index (κ3) is 4.45. The lowest BCUT2D eigenvalue weighted by molar-refractivity contribution is -0.127. The molecule has 2 aromatic rings. The van der Waals surface area contributed by atoms with Crippen LogP contribution in [-0.4, -0.2) is 44.1 Å². The van der Waals surface area contributed by atoms with Crippen LogP contribution in [0.25, 0.3) is 11.0 Å². The predicted molar refractivity (Wildman–Crippen MR) is 106 cm³/mol. The molecule has 1 aliphatic carbocycles. The fraction of sp³-hybridized carbons (Fsp3) is 0.500. The van der Waals surface area contributed by atoms with E-state index in [1.807, 2.05) is 14.1 Å². The minimum absolute atomic E-state index is 0.208. The molecule has 0 spiro atoms. The summed E-state index contributed by atoms with van der Waals surface area (Å²) in [4.78, 5) is 26.4. The average molecular weight is 393 g/mol. The van der Waals surface area contributed by atoms with Gasteiger partial charge in [0.15, 0.2) is 6.10 Å². The molecule has 1 aromatic carbocycles. The Hall–Kier alpha value is -2.05. The number of halogens is 1. The molecule has 1 amide bonds. The zero-order valence-electron chi connectivity index (χ0n) is 15.9. The van der Waals surface area contributed by atoms with Crippen molar-refractivity contribution in [2.75, 3.05) is 27.2 Å². The summed E-state index contributed by atoms with van der Waals surface area (Å²) in [5, 5.41) is 4.10. The van der Waals surface area contributed by atoms with Crippen molar-refractivity contribution >= 4 is 28.5 Å². The van der Waals surface area contributed by atoms with Crippen molar-refractivity contribution in [2.24, 2.45) is 0 Å². The minimum atomic E-state index is -0.708. The SMILES string of the molecule is C[C@H](Oc1cc2oc(=O)c3c(c2cc1Cl)CCC3)C(=O)NCCCN(C)C. The maximum absolute atomic E-state index is 12.2. The Balaban J connectivity index is 1.73. The number of hydrogen-bond acceptors (Lipinski definition) is 5. The number of nitrogens with zero attached hydrogens (tertiary/aromatic N) is 1. The van der Waals surface area contributed by atoms with Crippen LogP contribution in [-0.2, 0) is 17.6 Å². The molecule has 0 unspecified atom stereocenters. The minimum Gasteiger partial charge on any atom is -0.479 e. The number of nitrogens with one attached hydrogen (secondary N) is 1. The molecular weight excluding hydrogens is 368 g/mol. The summed E-state index contributed by atoms with van der Waals surface area (Å²) in [5.74, 6) is 0.126. The van der Waals surface area contributed by atoms with Gasteiger partial charge in [-0.3, -0.25) is 4.79 Å². The van der Waals surface area contributed by atoms with Gasteiger partial charge in [0.05, 0.1) is 5.02 Å². The fourth-order valence-corrected chi connectivity index (χ4v) is 3.58. The normalized spacial score (nSPS) is 14.4. The number of benzene rings is 1. The first-order valence-corrected chi connectivity index (χ1v) is 9.62. The van der Waals surface area contributed by atoms with Gasteiger partial charge in [-0.15, -0.1) is 0 Å². The molecule has 1 atom stereocenters. The second-order valence-corrected chi connectivity index (χ2v) is 7.59. The molecule has 0 aliphatic heterocycles. The third-order valence-electron chi connectivity index (χ3n) is 4.78. The maximum atomic E-state index is 12.2. The predicted octanol–water partition coefficient (Wildman–Crippen LogP) is 2.77. The number of amides is 1. The number of fused-ring (bicyclic) bond motifs is 3. The summed E-state index contributed by atoms with van der Waals surface area (Å²) in [7, 11) is 3.98. The Morgan fingerprint density at radius 3 is 2.81 bits per heavy atom. The molecule has 0 fully saturated rings. The van der Waals surface area contributed by atoms with Crippen molar-refractivity contribution in [3.05, 3.63) is 38.7 Å². The van der Waals surface area contributed by atoms with Crippen LogP contribution in [0.4, 0.5) is 0 Å². The maximum Gasteiger partial charge on any atom is 0.339 e. The zero-order chi connectivity index (χ0) is 19.6. The summed E-state index contributed by atoms with van der Waals surface area (Å²) >= 11 is 6.37. The molecule has 0 saturated heterocycles. The van der Waals surface area contributed by atoms with Crippen molar-refractivity contribution in [2.45, 2.75) is 38.7 Å². The third-order valence-corrected chi connectivity index (χ3v) is 5.08. The first kappa shape index (κ1) is 19.7. The highest BCUT2D eigenvalue weighted by atomic mass is 35.5. The van der Waals surface area contributed by atoms with Crippen LogP contribution in [0.2, 0.25) is 5.02 Å². The monoisotopic (exact) mass is 392 g/mol. The van der Waals surface area contributed by atoms with Crippen molar-refractivity contribution in [3.63, 3.8) is 0 Å². The highest BCUT2D eigenvalue weighted by Crippen LogP contribution is 2.35. The second kappa shape index (κ2) is 8.31. The van der Waals surface area contributed by atoms with Gasteiger partial charge >= 0.3 is 5.63 Å². The van der Waals surface area contributed by atoms with E-state index in [0.717, 1.165) is 48.7 Å². The van der Waals surface area contributed by atoms with Gasteiger partial charge in [-0.05, 0) is 64.9 Å². The highest BCUT2D eigenvalue weighted by molar-refractivity contribution is 6.32. The van der Waals surface area contributed by atoms with Crippen LogP contribution >= 0.6 is 11.6 Å². The van der Waals surface area contributed by atoms with Crippen molar-refractivity contribution in [1.82, 2.24) is 10.2 Å². The van der Waals surface area contributed by atoms with Crippen LogP contribution < -0.4 is 15.7 Å². The number of carbonyl (C=O) groups excluding carboxylic acids is 1. The molecule has 1 aromatic heterocycles. The lowest BCUT2D eigenvalue weighted by Crippen LogP contribution is -2.37. The number of rotatable bonds is 7. The van der Waals surface area contributed by atoms with Crippen LogP contribution in [0.1, 0.15) is 30.9 Å². The lowest BCUT2D eigenvalue weighted by Gasteiger charge is -2.17. The topological polar surface area (TPSA) is 71.8 Å². The van der Waals surface area contributed by atoms with E-state index in [1.165, 1.54) is 0 Å². The number of carbonyl (C=O) groups is 1. The van der Waals surface area contributed by atoms with E-state index in [2.05, 4.69) is 10.2 Å². The van der Waals surface area contributed by atoms with E-state index in [9.17, 15) is 9.59 Å². The van der Waals surface area contributed by atoms with E-state index in [4.69, 9.17) is 20.8 Å². The Morgan fingerprint density at radius 2 is 2.07 bits per heavy atom. The highest BCUT2D eigenvalue weighted by Gasteiger charge is 2.22. The van der Waals surface area contributed by atoms with Crippen LogP contribution in [0.15, 0.2) is 21.3 Å². The van der Waals surface area contributed by atoms with Crippen molar-refractivity contribution in [1.29, 1.82) is 0 Å². The van der Waals surface area contributed by atoms with Gasteiger partial charge in [-0.2, -0.15) is 0 Å². The Bertz CT molecular complexity index is 907. The second-order valence-electron chi connectivity index (χ2n) is 7.19. The molecular formula is C20H25ClN2O4. The van der Waals surface area contributed by atoms with Gasteiger partial charge in [-0.25, -0.2) is 4.79 Å². The molecule has 0 bridgehead atoms. The van der Waals surface area contributed by atoms with Gasteiger partial charge in [0.25, 0.3) is 5.91 Å². The van der Waals surface area contributed by atoms with E-state index in [1.54, 1.807) is 19.1 Å². The van der Waals surface area contributed by atoms with Crippen LogP contribution in [0.3, 0.4) is 0 Å². The molecule has 1 aliphatic rings. The Kier molecular flexibility index (Phi) is 6.07. The number of ether oxygens (including phenoxy) is 1. The number of hydrogen-bond donors (Lipinski definition) is 1. The first-order valence-electron chi connectivity index (χ1n) is 9.24. The summed E-state index contributed by atoms with van der Waals surface area (Å²) < 4.78 is 11.2. The Labute approximate surface area is 163 Å². The van der Waals surface area contributed by atoms with Crippen molar-refractivity contribution in [3.8, 4) is 5.75 Å². The first-order chi connectivity index (χ1) is 12.9. The largest absolute Gasteiger partial charge is 0.479 e. The van der Waals surface area contributed by atoms with E-state index in [-0.39, 0.29) is 11.5 Å². The Morgan fingerprint density at radius 1 is 1.33 bits per heavy atom. The summed E-state index contributed by atoms with van der Waals surface area (Å²) in [6.07, 6.45) is 2.69.